The Balaban J connectivity index is 1.05. The first-order chi connectivity index (χ1) is 29.1. The van der Waals surface area contributed by atoms with Crippen molar-refractivity contribution in [1.82, 2.24) is 0 Å². The molecule has 312 valence electrons. The zero-order valence-electron chi connectivity index (χ0n) is 32.2. The SMILES string of the molecule is C=CC(=O)OCCCOc1ccc(C(=O)Oc2ccc(C(=O)O[C@@H]3OCCO[C@H]3OC(=O)c3ccc(OC(=O)c4ccc(OCCCOC(=O)C=C)cc4)cc3)cc2)cc1. The van der Waals surface area contributed by atoms with E-state index in [-0.39, 0.29) is 60.2 Å². The molecule has 1 aliphatic heterocycles. The molecule has 1 fully saturated rings. The number of hydrogen-bond acceptors (Lipinski definition) is 16. The molecule has 4 aromatic carbocycles. The number of ether oxygens (including phenoxy) is 10. The van der Waals surface area contributed by atoms with Crippen molar-refractivity contribution in [3.8, 4) is 23.0 Å². The van der Waals surface area contributed by atoms with Crippen LogP contribution in [0.1, 0.15) is 54.3 Å². The molecular formula is C44H40O16. The summed E-state index contributed by atoms with van der Waals surface area (Å²) in [6, 6.07) is 23.7. The molecule has 0 N–H and O–H groups in total. The molecule has 0 amide bonds. The first kappa shape index (κ1) is 43.8. The van der Waals surface area contributed by atoms with E-state index in [4.69, 9.17) is 47.4 Å². The number of esters is 6. The molecule has 16 heteroatoms. The fourth-order valence-electron chi connectivity index (χ4n) is 5.00. The Morgan fingerprint density at radius 3 is 1.12 bits per heavy atom. The molecule has 0 aliphatic carbocycles. The van der Waals surface area contributed by atoms with Crippen molar-refractivity contribution in [2.24, 2.45) is 0 Å². The Kier molecular flexibility index (Phi) is 16.5. The normalized spacial score (nSPS) is 14.3. The van der Waals surface area contributed by atoms with Crippen molar-refractivity contribution < 1.29 is 76.1 Å². The lowest BCUT2D eigenvalue weighted by molar-refractivity contribution is -0.288. The third-order valence-electron chi connectivity index (χ3n) is 8.03. The van der Waals surface area contributed by atoms with Gasteiger partial charge in [0.2, 0.25) is 0 Å². The molecule has 4 aromatic rings. The van der Waals surface area contributed by atoms with E-state index in [2.05, 4.69) is 13.2 Å². The summed E-state index contributed by atoms with van der Waals surface area (Å²) in [6.07, 6.45) is 0.317. The number of hydrogen-bond donors (Lipinski definition) is 0. The lowest BCUT2D eigenvalue weighted by Crippen LogP contribution is -2.44. The van der Waals surface area contributed by atoms with Gasteiger partial charge in [-0.2, -0.15) is 0 Å². The molecular weight excluding hydrogens is 784 g/mol. The monoisotopic (exact) mass is 824 g/mol. The maximum absolute atomic E-state index is 13.0. The summed E-state index contributed by atoms with van der Waals surface area (Å²) < 4.78 is 53.7. The van der Waals surface area contributed by atoms with Crippen LogP contribution < -0.4 is 18.9 Å². The standard InChI is InChI=1S/C44H40O16/c1-3-37(45)53-25-5-23-51-33-15-7-29(8-16-33)39(47)57-35-19-11-31(12-20-35)41(49)59-43-44(56-28-27-55-43)60-42(50)32-13-21-36(22-14-32)58-40(48)30-9-17-34(18-10-30)52-24-6-26-54-38(46)4-2/h3-4,7-22,43-44H,1-2,5-6,23-28H2/t43-,44-/m0/s1. The van der Waals surface area contributed by atoms with Gasteiger partial charge < -0.3 is 47.4 Å². The van der Waals surface area contributed by atoms with Crippen LogP contribution in [-0.4, -0.2) is 88.0 Å². The minimum absolute atomic E-state index is 0.0616. The Bertz CT molecular complexity index is 1960. The molecule has 0 unspecified atom stereocenters. The van der Waals surface area contributed by atoms with E-state index < -0.39 is 48.4 Å². The van der Waals surface area contributed by atoms with Crippen LogP contribution in [0.4, 0.5) is 0 Å². The highest BCUT2D eigenvalue weighted by Crippen LogP contribution is 2.22. The van der Waals surface area contributed by atoms with Gasteiger partial charge in [0.1, 0.15) is 23.0 Å². The maximum Gasteiger partial charge on any atom is 0.343 e. The van der Waals surface area contributed by atoms with Crippen LogP contribution in [0.2, 0.25) is 0 Å². The van der Waals surface area contributed by atoms with Crippen LogP contribution in [0.5, 0.6) is 23.0 Å². The molecule has 0 radical (unpaired) electrons. The summed E-state index contributed by atoms with van der Waals surface area (Å²) in [5.74, 6) is -2.61. The summed E-state index contributed by atoms with van der Waals surface area (Å²) in [4.78, 5) is 73.5. The lowest BCUT2D eigenvalue weighted by atomic mass is 10.2. The minimum atomic E-state index is -1.39. The Morgan fingerprint density at radius 2 is 0.783 bits per heavy atom. The van der Waals surface area contributed by atoms with E-state index in [1.807, 2.05) is 0 Å². The molecule has 0 bridgehead atoms. The molecule has 2 atom stereocenters. The van der Waals surface area contributed by atoms with Crippen molar-refractivity contribution in [1.29, 1.82) is 0 Å². The summed E-state index contributed by atoms with van der Waals surface area (Å²) in [6.45, 7) is 7.74. The summed E-state index contributed by atoms with van der Waals surface area (Å²) in [5, 5.41) is 0. The largest absolute Gasteiger partial charge is 0.493 e. The van der Waals surface area contributed by atoms with Crippen LogP contribution in [0.25, 0.3) is 0 Å². The van der Waals surface area contributed by atoms with Gasteiger partial charge in [-0.3, -0.25) is 0 Å². The number of carbonyl (C=O) groups excluding carboxylic acids is 6. The highest BCUT2D eigenvalue weighted by molar-refractivity contribution is 5.93. The maximum atomic E-state index is 13.0. The van der Waals surface area contributed by atoms with Gasteiger partial charge in [-0.15, -0.1) is 0 Å². The van der Waals surface area contributed by atoms with Crippen molar-refractivity contribution in [3.05, 3.63) is 145 Å². The number of benzene rings is 4. The smallest absolute Gasteiger partial charge is 0.343 e. The van der Waals surface area contributed by atoms with Crippen molar-refractivity contribution >= 4 is 35.8 Å². The van der Waals surface area contributed by atoms with Gasteiger partial charge in [-0.05, 0) is 97.1 Å². The van der Waals surface area contributed by atoms with Crippen LogP contribution >= 0.6 is 0 Å². The first-order valence-electron chi connectivity index (χ1n) is 18.5. The number of rotatable bonds is 20. The van der Waals surface area contributed by atoms with Crippen LogP contribution in [0, 0.1) is 0 Å². The zero-order valence-corrected chi connectivity index (χ0v) is 32.2. The van der Waals surface area contributed by atoms with E-state index in [1.54, 1.807) is 24.3 Å². The molecule has 0 saturated carbocycles. The quantitative estimate of drug-likeness (QED) is 0.0339. The molecule has 1 heterocycles. The Labute approximate surface area is 344 Å². The van der Waals surface area contributed by atoms with Crippen LogP contribution in [0.3, 0.4) is 0 Å². The Morgan fingerprint density at radius 1 is 0.467 bits per heavy atom. The van der Waals surface area contributed by atoms with Gasteiger partial charge in [-0.1, -0.05) is 13.2 Å². The molecule has 1 aliphatic rings. The zero-order chi connectivity index (χ0) is 42.7. The molecule has 16 nitrogen and oxygen atoms in total. The van der Waals surface area contributed by atoms with Gasteiger partial charge in [0.15, 0.2) is 0 Å². The molecule has 1 saturated heterocycles. The van der Waals surface area contributed by atoms with Gasteiger partial charge in [0.25, 0.3) is 12.6 Å². The predicted molar refractivity (Wildman–Crippen MR) is 209 cm³/mol. The van der Waals surface area contributed by atoms with E-state index in [0.717, 1.165) is 12.2 Å². The van der Waals surface area contributed by atoms with E-state index in [0.29, 0.717) is 37.6 Å². The molecule has 0 spiro atoms. The van der Waals surface area contributed by atoms with E-state index >= 15 is 0 Å². The first-order valence-corrected chi connectivity index (χ1v) is 18.5. The third-order valence-corrected chi connectivity index (χ3v) is 8.03. The summed E-state index contributed by atoms with van der Waals surface area (Å²) in [5.41, 5.74) is 0.686. The fourth-order valence-corrected chi connectivity index (χ4v) is 5.00. The topological polar surface area (TPSA) is 195 Å². The molecule has 5 rings (SSSR count). The van der Waals surface area contributed by atoms with E-state index in [1.165, 1.54) is 72.8 Å². The van der Waals surface area contributed by atoms with Crippen LogP contribution in [0.15, 0.2) is 122 Å². The number of carbonyl (C=O) groups is 6. The molecule has 0 aromatic heterocycles. The van der Waals surface area contributed by atoms with Crippen LogP contribution in [-0.2, 0) is 38.0 Å². The summed E-state index contributed by atoms with van der Waals surface area (Å²) in [7, 11) is 0. The highest BCUT2D eigenvalue weighted by atomic mass is 16.8. The third kappa shape index (κ3) is 13.7. The lowest BCUT2D eigenvalue weighted by Gasteiger charge is -2.30. The predicted octanol–water partition coefficient (Wildman–Crippen LogP) is 5.83. The van der Waals surface area contributed by atoms with Crippen molar-refractivity contribution in [2.75, 3.05) is 39.6 Å². The average molecular weight is 825 g/mol. The molecule has 60 heavy (non-hydrogen) atoms. The van der Waals surface area contributed by atoms with Gasteiger partial charge >= 0.3 is 35.8 Å². The van der Waals surface area contributed by atoms with Gasteiger partial charge in [-0.25, -0.2) is 28.8 Å². The second-order valence-corrected chi connectivity index (χ2v) is 12.3. The fraction of sp³-hybridized carbons (Fsp3) is 0.227. The van der Waals surface area contributed by atoms with Crippen molar-refractivity contribution in [2.45, 2.75) is 25.4 Å². The van der Waals surface area contributed by atoms with Gasteiger partial charge in [0, 0.05) is 25.0 Å². The Hall–Kier alpha value is -7.30. The summed E-state index contributed by atoms with van der Waals surface area (Å²) >= 11 is 0. The second-order valence-electron chi connectivity index (χ2n) is 12.3. The van der Waals surface area contributed by atoms with Crippen molar-refractivity contribution in [3.63, 3.8) is 0 Å². The highest BCUT2D eigenvalue weighted by Gasteiger charge is 2.34. The minimum Gasteiger partial charge on any atom is -0.493 e. The average Bonchev–Trinajstić information content (AvgIpc) is 3.27. The van der Waals surface area contributed by atoms with Gasteiger partial charge in [0.05, 0.1) is 61.9 Å². The van der Waals surface area contributed by atoms with E-state index in [9.17, 15) is 28.8 Å². The second kappa shape index (κ2) is 22.6.